The first kappa shape index (κ1) is 17.4. The van der Waals surface area contributed by atoms with Gasteiger partial charge in [0.1, 0.15) is 11.8 Å². The largest absolute Gasteiger partial charge is 0.347 e. The first-order valence-electron chi connectivity index (χ1n) is 10.8. The molecular formula is C23H28N6. The molecule has 1 saturated carbocycles. The third-order valence-electron chi connectivity index (χ3n) is 8.01. The van der Waals surface area contributed by atoms with Gasteiger partial charge in [0, 0.05) is 29.6 Å². The van der Waals surface area contributed by atoms with Crippen molar-refractivity contribution in [1.82, 2.24) is 24.8 Å². The van der Waals surface area contributed by atoms with Gasteiger partial charge in [-0.25, -0.2) is 15.0 Å². The highest BCUT2D eigenvalue weighted by Crippen LogP contribution is 2.57. The van der Waals surface area contributed by atoms with E-state index in [4.69, 9.17) is 4.98 Å². The van der Waals surface area contributed by atoms with Crippen LogP contribution in [0.15, 0.2) is 43.0 Å². The topological polar surface area (TPSA) is 60.9 Å². The van der Waals surface area contributed by atoms with Crippen molar-refractivity contribution in [1.29, 1.82) is 0 Å². The number of likely N-dealkylation sites (tertiary alicyclic amines) is 1. The molecule has 1 aromatic carbocycles. The Morgan fingerprint density at radius 3 is 2.79 bits per heavy atom. The van der Waals surface area contributed by atoms with Crippen molar-refractivity contribution in [3.63, 3.8) is 0 Å². The summed E-state index contributed by atoms with van der Waals surface area (Å²) in [6.45, 7) is 2.52. The summed E-state index contributed by atoms with van der Waals surface area (Å²) in [5, 5.41) is 0. The molecule has 4 heterocycles. The second-order valence-corrected chi connectivity index (χ2v) is 9.37. The Bertz CT molecular complexity index is 1030. The standard InChI is InChI=1S/C23H28N6/c1-23-12-17-16(11-15-7-4-3-5-8-15)28(2)18(23)9-6-10-19(23)29(17)22-20-21(25-13-24-20)26-14-27-22/h3-5,7-8,13-14,16-19H,6,9-12H2,1-2H3,(H,24,25,26,27)/t16-,17+,18-,19?,23-/m1/s1. The van der Waals surface area contributed by atoms with Gasteiger partial charge in [-0.1, -0.05) is 37.3 Å². The van der Waals surface area contributed by atoms with Gasteiger partial charge in [-0.15, -0.1) is 0 Å². The first-order valence-corrected chi connectivity index (χ1v) is 10.8. The van der Waals surface area contributed by atoms with E-state index in [9.17, 15) is 0 Å². The summed E-state index contributed by atoms with van der Waals surface area (Å²) < 4.78 is 0. The Morgan fingerprint density at radius 1 is 1.10 bits per heavy atom. The Morgan fingerprint density at radius 2 is 1.93 bits per heavy atom. The minimum absolute atomic E-state index is 0.308. The molecule has 3 aromatic rings. The molecule has 150 valence electrons. The fourth-order valence-corrected chi connectivity index (χ4v) is 6.78. The summed E-state index contributed by atoms with van der Waals surface area (Å²) >= 11 is 0. The van der Waals surface area contributed by atoms with Crippen LogP contribution < -0.4 is 4.90 Å². The van der Waals surface area contributed by atoms with Gasteiger partial charge in [-0.2, -0.15) is 0 Å². The molecule has 2 saturated heterocycles. The average Bonchev–Trinajstić information content (AvgIpc) is 3.33. The number of aromatic nitrogens is 4. The monoisotopic (exact) mass is 388 g/mol. The van der Waals surface area contributed by atoms with Crippen molar-refractivity contribution < 1.29 is 0 Å². The summed E-state index contributed by atoms with van der Waals surface area (Å²) in [7, 11) is 2.36. The molecule has 1 N–H and O–H groups in total. The molecule has 0 spiro atoms. The maximum Gasteiger partial charge on any atom is 0.182 e. The fraction of sp³-hybridized carbons (Fsp3) is 0.522. The van der Waals surface area contributed by atoms with Gasteiger partial charge >= 0.3 is 0 Å². The molecule has 3 fully saturated rings. The van der Waals surface area contributed by atoms with E-state index < -0.39 is 0 Å². The lowest BCUT2D eigenvalue weighted by Gasteiger charge is -2.51. The van der Waals surface area contributed by atoms with Gasteiger partial charge in [0.2, 0.25) is 0 Å². The highest BCUT2D eigenvalue weighted by molar-refractivity contribution is 5.83. The summed E-state index contributed by atoms with van der Waals surface area (Å²) in [6.07, 6.45) is 9.57. The van der Waals surface area contributed by atoms with Crippen LogP contribution in [0.2, 0.25) is 0 Å². The van der Waals surface area contributed by atoms with Gasteiger partial charge in [0.25, 0.3) is 0 Å². The minimum atomic E-state index is 0.308. The second-order valence-electron chi connectivity index (χ2n) is 9.37. The van der Waals surface area contributed by atoms with Crippen LogP contribution in [0, 0.1) is 5.41 Å². The summed E-state index contributed by atoms with van der Waals surface area (Å²) in [4.78, 5) is 22.2. The van der Waals surface area contributed by atoms with Crippen LogP contribution in [0.4, 0.5) is 5.82 Å². The summed E-state index contributed by atoms with van der Waals surface area (Å²) in [5.41, 5.74) is 3.47. The second kappa shape index (κ2) is 6.26. The van der Waals surface area contributed by atoms with Crippen LogP contribution in [0.3, 0.4) is 0 Å². The Kier molecular flexibility index (Phi) is 3.76. The van der Waals surface area contributed by atoms with Crippen LogP contribution in [0.25, 0.3) is 11.2 Å². The highest BCUT2D eigenvalue weighted by Gasteiger charge is 2.62. The quantitative estimate of drug-likeness (QED) is 0.745. The molecule has 2 bridgehead atoms. The Labute approximate surface area is 171 Å². The maximum atomic E-state index is 4.79. The van der Waals surface area contributed by atoms with Crippen molar-refractivity contribution in [3.8, 4) is 0 Å². The lowest BCUT2D eigenvalue weighted by Crippen LogP contribution is -2.59. The van der Waals surface area contributed by atoms with Crippen LogP contribution in [-0.2, 0) is 6.42 Å². The molecule has 5 atom stereocenters. The molecule has 1 unspecified atom stereocenters. The molecule has 2 aliphatic heterocycles. The minimum Gasteiger partial charge on any atom is -0.347 e. The third-order valence-corrected chi connectivity index (χ3v) is 8.01. The predicted octanol–water partition coefficient (Wildman–Crippen LogP) is 3.42. The molecule has 6 rings (SSSR count). The lowest BCUT2D eigenvalue weighted by atomic mass is 9.64. The number of piperidine rings is 1. The van der Waals surface area contributed by atoms with E-state index in [0.717, 1.165) is 23.4 Å². The van der Waals surface area contributed by atoms with E-state index in [1.54, 1.807) is 12.7 Å². The maximum absolute atomic E-state index is 4.79. The average molecular weight is 389 g/mol. The Hall–Kier alpha value is -2.47. The van der Waals surface area contributed by atoms with E-state index in [2.05, 4.69) is 69.1 Å². The van der Waals surface area contributed by atoms with E-state index in [1.165, 1.54) is 31.2 Å². The molecule has 6 heteroatoms. The van der Waals surface area contributed by atoms with Gasteiger partial charge < -0.3 is 9.88 Å². The SMILES string of the molecule is CN1[C@H](Cc2ccccc2)[C@@H]2C[C@@]3(C)C(CCC[C@@H]13)N2c1ncnc2nc[nH]c12. The zero-order valence-electron chi connectivity index (χ0n) is 17.1. The van der Waals surface area contributed by atoms with Gasteiger partial charge in [0.15, 0.2) is 11.5 Å². The number of likely N-dealkylation sites (N-methyl/N-ethyl adjacent to an activating group) is 1. The van der Waals surface area contributed by atoms with Crippen LogP contribution in [-0.4, -0.2) is 56.1 Å². The molecular weight excluding hydrogens is 360 g/mol. The number of benzene rings is 1. The number of anilines is 1. The number of nitrogens with zero attached hydrogens (tertiary/aromatic N) is 5. The lowest BCUT2D eigenvalue weighted by molar-refractivity contribution is -0.00389. The normalized spacial score (nSPS) is 34.1. The van der Waals surface area contributed by atoms with Gasteiger partial charge in [-0.05, 0) is 44.7 Å². The number of nitrogens with one attached hydrogen (secondary N) is 1. The number of imidazole rings is 1. The van der Waals surface area contributed by atoms with Crippen molar-refractivity contribution in [2.45, 2.75) is 63.2 Å². The van der Waals surface area contributed by atoms with Crippen LogP contribution in [0.1, 0.15) is 38.2 Å². The summed E-state index contributed by atoms with van der Waals surface area (Å²) in [5.74, 6) is 1.04. The molecule has 29 heavy (non-hydrogen) atoms. The number of hydrogen-bond acceptors (Lipinski definition) is 5. The molecule has 0 radical (unpaired) electrons. The van der Waals surface area contributed by atoms with E-state index >= 15 is 0 Å². The van der Waals surface area contributed by atoms with Crippen molar-refractivity contribution in [2.24, 2.45) is 5.41 Å². The van der Waals surface area contributed by atoms with Crippen LogP contribution in [0.5, 0.6) is 0 Å². The molecule has 0 amide bonds. The van der Waals surface area contributed by atoms with Crippen molar-refractivity contribution in [3.05, 3.63) is 48.5 Å². The molecule has 3 aliphatic rings. The summed E-state index contributed by atoms with van der Waals surface area (Å²) in [6, 6.07) is 13.0. The first-order chi connectivity index (χ1) is 14.2. The van der Waals surface area contributed by atoms with E-state index in [1.807, 2.05) is 0 Å². The molecule has 6 nitrogen and oxygen atoms in total. The van der Waals surface area contributed by atoms with Crippen molar-refractivity contribution in [2.75, 3.05) is 11.9 Å². The number of rotatable bonds is 3. The predicted molar refractivity (Wildman–Crippen MR) is 114 cm³/mol. The molecule has 1 aliphatic carbocycles. The zero-order chi connectivity index (χ0) is 19.6. The number of hydrogen-bond donors (Lipinski definition) is 1. The molecule has 2 aromatic heterocycles. The highest BCUT2D eigenvalue weighted by atomic mass is 15.4. The van der Waals surface area contributed by atoms with E-state index in [-0.39, 0.29) is 0 Å². The van der Waals surface area contributed by atoms with E-state index in [0.29, 0.717) is 29.6 Å². The number of H-pyrrole nitrogens is 1. The number of aromatic amines is 1. The van der Waals surface area contributed by atoms with Gasteiger partial charge in [-0.3, -0.25) is 4.90 Å². The third kappa shape index (κ3) is 2.41. The Balaban J connectivity index is 1.48. The van der Waals surface area contributed by atoms with Crippen LogP contribution >= 0.6 is 0 Å². The fourth-order valence-electron chi connectivity index (χ4n) is 6.78. The van der Waals surface area contributed by atoms with Gasteiger partial charge in [0.05, 0.1) is 6.33 Å². The smallest absolute Gasteiger partial charge is 0.182 e. The van der Waals surface area contributed by atoms with Crippen molar-refractivity contribution >= 4 is 17.0 Å². The number of fused-ring (bicyclic) bond motifs is 2. The zero-order valence-corrected chi connectivity index (χ0v) is 17.1.